The van der Waals surface area contributed by atoms with Gasteiger partial charge < -0.3 is 9.64 Å². The second-order valence-electron chi connectivity index (χ2n) is 3.97. The van der Waals surface area contributed by atoms with Crippen LogP contribution < -0.4 is 9.64 Å². The van der Waals surface area contributed by atoms with Gasteiger partial charge in [-0.1, -0.05) is 18.2 Å². The van der Waals surface area contributed by atoms with Gasteiger partial charge in [0.1, 0.15) is 5.82 Å². The van der Waals surface area contributed by atoms with Crippen LogP contribution in [0.4, 0.5) is 10.3 Å². The van der Waals surface area contributed by atoms with Crippen LogP contribution in [-0.2, 0) is 6.54 Å². The molecule has 0 aliphatic heterocycles. The first-order chi connectivity index (χ1) is 9.11. The Morgan fingerprint density at radius 2 is 2.11 bits per heavy atom. The van der Waals surface area contributed by atoms with Crippen molar-refractivity contribution in [3.8, 4) is 5.88 Å². The molecule has 0 fully saturated rings. The zero-order chi connectivity index (χ0) is 13.8. The van der Waals surface area contributed by atoms with Gasteiger partial charge in [0.25, 0.3) is 0 Å². The first-order valence-electron chi connectivity index (χ1n) is 5.63. The maximum absolute atomic E-state index is 13.6. The predicted octanol–water partition coefficient (Wildman–Crippen LogP) is 3.02. The lowest BCUT2D eigenvalue weighted by Gasteiger charge is -2.18. The van der Waals surface area contributed by atoms with Gasteiger partial charge in [-0.25, -0.2) is 9.37 Å². The van der Waals surface area contributed by atoms with Crippen LogP contribution in [0.2, 0.25) is 0 Å². The van der Waals surface area contributed by atoms with E-state index in [1.807, 2.05) is 0 Å². The zero-order valence-electron chi connectivity index (χ0n) is 10.6. The summed E-state index contributed by atoms with van der Waals surface area (Å²) in [6.07, 6.45) is 1.61. The predicted molar refractivity (Wildman–Crippen MR) is 74.8 cm³/mol. The molecule has 0 N–H and O–H groups in total. The molecule has 1 heterocycles. The first-order valence-corrected chi connectivity index (χ1v) is 6.42. The highest BCUT2D eigenvalue weighted by Crippen LogP contribution is 2.23. The first kappa shape index (κ1) is 13.7. The number of hydrogen-bond acceptors (Lipinski definition) is 4. The van der Waals surface area contributed by atoms with Crippen molar-refractivity contribution in [1.29, 1.82) is 0 Å². The molecule has 0 radical (unpaired) electrons. The summed E-state index contributed by atoms with van der Waals surface area (Å²) in [5.74, 6) is 0.687. The maximum atomic E-state index is 13.6. The minimum atomic E-state index is -0.238. The molecule has 2 aromatic rings. The normalized spacial score (nSPS) is 10.3. The SMILES string of the molecule is COc1nc(N(C)Cc2ccccc2F)ncc1Br. The van der Waals surface area contributed by atoms with Crippen molar-refractivity contribution in [1.82, 2.24) is 9.97 Å². The number of anilines is 1. The van der Waals surface area contributed by atoms with E-state index in [1.54, 1.807) is 36.3 Å². The number of methoxy groups -OCH3 is 1. The smallest absolute Gasteiger partial charge is 0.232 e. The van der Waals surface area contributed by atoms with E-state index in [2.05, 4.69) is 25.9 Å². The molecule has 100 valence electrons. The highest BCUT2D eigenvalue weighted by Gasteiger charge is 2.11. The Hall–Kier alpha value is -1.69. The Kier molecular flexibility index (Phi) is 4.31. The summed E-state index contributed by atoms with van der Waals surface area (Å²) < 4.78 is 19.4. The summed E-state index contributed by atoms with van der Waals surface area (Å²) in [6.45, 7) is 0.386. The molecule has 4 nitrogen and oxygen atoms in total. The Morgan fingerprint density at radius 3 is 2.79 bits per heavy atom. The van der Waals surface area contributed by atoms with Gasteiger partial charge in [-0.2, -0.15) is 4.98 Å². The van der Waals surface area contributed by atoms with E-state index in [9.17, 15) is 4.39 Å². The van der Waals surface area contributed by atoms with Crippen molar-refractivity contribution in [2.45, 2.75) is 6.54 Å². The standard InChI is InChI=1S/C13H13BrFN3O/c1-18(8-9-5-3-4-6-11(9)15)13-16-7-10(14)12(17-13)19-2/h3-7H,8H2,1-2H3. The average Bonchev–Trinajstić information content (AvgIpc) is 2.42. The van der Waals surface area contributed by atoms with E-state index in [0.29, 0.717) is 28.4 Å². The van der Waals surface area contributed by atoms with Crippen molar-refractivity contribution in [2.75, 3.05) is 19.1 Å². The minimum absolute atomic E-state index is 0.238. The molecule has 0 amide bonds. The summed E-state index contributed by atoms with van der Waals surface area (Å²) in [4.78, 5) is 10.2. The van der Waals surface area contributed by atoms with Crippen LogP contribution in [0.15, 0.2) is 34.9 Å². The van der Waals surface area contributed by atoms with Crippen LogP contribution in [0, 0.1) is 5.82 Å². The third-order valence-corrected chi connectivity index (χ3v) is 3.14. The van der Waals surface area contributed by atoms with Crippen LogP contribution in [-0.4, -0.2) is 24.1 Å². The Balaban J connectivity index is 2.20. The fraction of sp³-hybridized carbons (Fsp3) is 0.231. The summed E-state index contributed by atoms with van der Waals surface area (Å²) in [5.41, 5.74) is 0.593. The molecule has 1 aromatic carbocycles. The van der Waals surface area contributed by atoms with E-state index in [-0.39, 0.29) is 5.82 Å². The highest BCUT2D eigenvalue weighted by atomic mass is 79.9. The van der Waals surface area contributed by atoms with Crippen LogP contribution in [0.5, 0.6) is 5.88 Å². The number of benzene rings is 1. The topological polar surface area (TPSA) is 38.2 Å². The van der Waals surface area contributed by atoms with Crippen LogP contribution in [0.3, 0.4) is 0 Å². The van der Waals surface area contributed by atoms with Gasteiger partial charge in [-0.05, 0) is 22.0 Å². The number of hydrogen-bond donors (Lipinski definition) is 0. The summed E-state index contributed by atoms with van der Waals surface area (Å²) in [5, 5.41) is 0. The second-order valence-corrected chi connectivity index (χ2v) is 4.83. The Bertz CT molecular complexity index is 580. The van der Waals surface area contributed by atoms with Crippen molar-refractivity contribution in [2.24, 2.45) is 0 Å². The van der Waals surface area contributed by atoms with Gasteiger partial charge >= 0.3 is 0 Å². The molecule has 0 saturated carbocycles. The Labute approximate surface area is 119 Å². The van der Waals surface area contributed by atoms with Gasteiger partial charge in [-0.15, -0.1) is 0 Å². The molecule has 0 spiro atoms. The lowest BCUT2D eigenvalue weighted by atomic mass is 10.2. The third kappa shape index (κ3) is 3.20. The lowest BCUT2D eigenvalue weighted by Crippen LogP contribution is -2.20. The van der Waals surface area contributed by atoms with Crippen molar-refractivity contribution >= 4 is 21.9 Å². The monoisotopic (exact) mass is 325 g/mol. The van der Waals surface area contributed by atoms with Crippen molar-refractivity contribution in [3.05, 3.63) is 46.3 Å². The van der Waals surface area contributed by atoms with E-state index in [1.165, 1.54) is 13.2 Å². The van der Waals surface area contributed by atoms with Crippen LogP contribution in [0.25, 0.3) is 0 Å². The van der Waals surface area contributed by atoms with E-state index in [0.717, 1.165) is 0 Å². The summed E-state index contributed by atoms with van der Waals surface area (Å²) >= 11 is 3.29. The summed E-state index contributed by atoms with van der Waals surface area (Å²) in [6, 6.07) is 6.64. The van der Waals surface area contributed by atoms with Gasteiger partial charge in [-0.3, -0.25) is 0 Å². The van der Waals surface area contributed by atoms with E-state index < -0.39 is 0 Å². The average molecular weight is 326 g/mol. The number of aromatic nitrogens is 2. The van der Waals surface area contributed by atoms with E-state index >= 15 is 0 Å². The largest absolute Gasteiger partial charge is 0.480 e. The third-order valence-electron chi connectivity index (χ3n) is 2.60. The number of ether oxygens (including phenoxy) is 1. The maximum Gasteiger partial charge on any atom is 0.232 e. The van der Waals surface area contributed by atoms with Crippen molar-refractivity contribution < 1.29 is 9.13 Å². The molecule has 0 saturated heterocycles. The molecular formula is C13H13BrFN3O. The van der Waals surface area contributed by atoms with Gasteiger partial charge in [0, 0.05) is 19.2 Å². The van der Waals surface area contributed by atoms with Crippen molar-refractivity contribution in [3.63, 3.8) is 0 Å². The van der Waals surface area contributed by atoms with Crippen LogP contribution >= 0.6 is 15.9 Å². The van der Waals surface area contributed by atoms with Gasteiger partial charge in [0.2, 0.25) is 11.8 Å². The van der Waals surface area contributed by atoms with Crippen LogP contribution in [0.1, 0.15) is 5.56 Å². The molecule has 0 atom stereocenters. The molecule has 0 aliphatic carbocycles. The molecule has 2 rings (SSSR count). The molecule has 6 heteroatoms. The second kappa shape index (κ2) is 5.97. The number of nitrogens with zero attached hydrogens (tertiary/aromatic N) is 3. The minimum Gasteiger partial charge on any atom is -0.480 e. The molecule has 0 unspecified atom stereocenters. The molecule has 19 heavy (non-hydrogen) atoms. The highest BCUT2D eigenvalue weighted by molar-refractivity contribution is 9.10. The molecule has 0 bridgehead atoms. The van der Waals surface area contributed by atoms with Gasteiger partial charge in [0.05, 0.1) is 17.8 Å². The number of halogens is 2. The fourth-order valence-corrected chi connectivity index (χ4v) is 1.98. The van der Waals surface area contributed by atoms with E-state index in [4.69, 9.17) is 4.74 Å². The van der Waals surface area contributed by atoms with Gasteiger partial charge in [0.15, 0.2) is 0 Å². The Morgan fingerprint density at radius 1 is 1.37 bits per heavy atom. The molecule has 1 aromatic heterocycles. The number of rotatable bonds is 4. The fourth-order valence-electron chi connectivity index (χ4n) is 1.62. The molecule has 0 aliphatic rings. The zero-order valence-corrected chi connectivity index (χ0v) is 12.2. The lowest BCUT2D eigenvalue weighted by molar-refractivity contribution is 0.394. The summed E-state index contributed by atoms with van der Waals surface area (Å²) in [7, 11) is 3.34. The molecular weight excluding hydrogens is 313 g/mol. The quantitative estimate of drug-likeness (QED) is 0.866.